The molecule has 1 fully saturated rings. The minimum absolute atomic E-state index is 0.491. The standard InChI is InChI=1S/C15H22N2S2/c1-2-19-13-9-5-8-12(14(13)15(16)18)17-10-11-6-3-4-7-11/h5,8-9,11,17H,2-4,6-7,10H2,1H3,(H2,16,18). The van der Waals surface area contributed by atoms with Crippen molar-refractivity contribution in [3.8, 4) is 0 Å². The lowest BCUT2D eigenvalue weighted by Crippen LogP contribution is -2.17. The van der Waals surface area contributed by atoms with Crippen LogP contribution in [0.4, 0.5) is 5.69 Å². The fourth-order valence-corrected chi connectivity index (χ4v) is 3.81. The van der Waals surface area contributed by atoms with Gasteiger partial charge in [-0.1, -0.05) is 38.0 Å². The molecule has 0 saturated heterocycles. The van der Waals surface area contributed by atoms with Crippen molar-refractivity contribution in [2.75, 3.05) is 17.6 Å². The number of nitrogens with one attached hydrogen (secondary N) is 1. The number of nitrogens with two attached hydrogens (primary N) is 1. The highest BCUT2D eigenvalue weighted by Crippen LogP contribution is 2.30. The van der Waals surface area contributed by atoms with Crippen LogP contribution in [0.5, 0.6) is 0 Å². The van der Waals surface area contributed by atoms with Gasteiger partial charge in [0.05, 0.1) is 0 Å². The predicted octanol–water partition coefficient (Wildman–Crippen LogP) is 4.03. The summed E-state index contributed by atoms with van der Waals surface area (Å²) in [5.74, 6) is 1.84. The van der Waals surface area contributed by atoms with Crippen LogP contribution in [0.25, 0.3) is 0 Å². The van der Waals surface area contributed by atoms with Gasteiger partial charge >= 0.3 is 0 Å². The first-order chi connectivity index (χ1) is 9.22. The average Bonchev–Trinajstić information content (AvgIpc) is 2.89. The summed E-state index contributed by atoms with van der Waals surface area (Å²) in [5, 5.41) is 3.55. The molecule has 0 heterocycles. The SMILES string of the molecule is CCSc1cccc(NCC2CCCC2)c1C(N)=S. The molecule has 0 unspecified atom stereocenters. The molecule has 0 amide bonds. The Morgan fingerprint density at radius 3 is 2.79 bits per heavy atom. The van der Waals surface area contributed by atoms with Crippen LogP contribution < -0.4 is 11.1 Å². The second-order valence-electron chi connectivity index (χ2n) is 5.01. The second-order valence-corrected chi connectivity index (χ2v) is 6.75. The minimum Gasteiger partial charge on any atom is -0.389 e. The Labute approximate surface area is 125 Å². The van der Waals surface area contributed by atoms with Gasteiger partial charge in [0, 0.05) is 22.7 Å². The van der Waals surface area contributed by atoms with Gasteiger partial charge < -0.3 is 11.1 Å². The van der Waals surface area contributed by atoms with Crippen LogP contribution in [0.1, 0.15) is 38.2 Å². The molecule has 4 heteroatoms. The molecular formula is C15H22N2S2. The third-order valence-electron chi connectivity index (χ3n) is 3.63. The van der Waals surface area contributed by atoms with Gasteiger partial charge in [-0.25, -0.2) is 0 Å². The predicted molar refractivity (Wildman–Crippen MR) is 89.2 cm³/mol. The van der Waals surface area contributed by atoms with Crippen molar-refractivity contribution in [3.05, 3.63) is 23.8 Å². The molecule has 0 atom stereocenters. The van der Waals surface area contributed by atoms with E-state index in [4.69, 9.17) is 18.0 Å². The summed E-state index contributed by atoms with van der Waals surface area (Å²) >= 11 is 7.02. The molecule has 1 aliphatic carbocycles. The van der Waals surface area contributed by atoms with E-state index in [1.54, 1.807) is 11.8 Å². The Hall–Kier alpha value is -0.740. The molecule has 19 heavy (non-hydrogen) atoms. The van der Waals surface area contributed by atoms with Crippen LogP contribution in [0.15, 0.2) is 23.1 Å². The van der Waals surface area contributed by atoms with Gasteiger partial charge in [0.1, 0.15) is 4.99 Å². The highest BCUT2D eigenvalue weighted by molar-refractivity contribution is 7.99. The van der Waals surface area contributed by atoms with E-state index in [1.807, 2.05) is 0 Å². The largest absolute Gasteiger partial charge is 0.389 e. The quantitative estimate of drug-likeness (QED) is 0.613. The van der Waals surface area contributed by atoms with E-state index in [1.165, 1.54) is 30.6 Å². The van der Waals surface area contributed by atoms with Crippen molar-refractivity contribution < 1.29 is 0 Å². The number of thiocarbonyl (C=S) groups is 1. The van der Waals surface area contributed by atoms with Crippen molar-refractivity contribution in [1.82, 2.24) is 0 Å². The summed E-state index contributed by atoms with van der Waals surface area (Å²) in [7, 11) is 0. The average molecular weight is 294 g/mol. The van der Waals surface area contributed by atoms with E-state index < -0.39 is 0 Å². The lowest BCUT2D eigenvalue weighted by molar-refractivity contribution is 0.580. The topological polar surface area (TPSA) is 38.0 Å². The molecule has 1 aromatic rings. The highest BCUT2D eigenvalue weighted by Gasteiger charge is 2.16. The number of rotatable bonds is 6. The first-order valence-corrected chi connectivity index (χ1v) is 8.41. The minimum atomic E-state index is 0.491. The first-order valence-electron chi connectivity index (χ1n) is 7.02. The first kappa shape index (κ1) is 14.7. The number of anilines is 1. The Bertz CT molecular complexity index is 440. The zero-order chi connectivity index (χ0) is 13.7. The molecular weight excluding hydrogens is 272 g/mol. The van der Waals surface area contributed by atoms with Crippen molar-refractivity contribution in [1.29, 1.82) is 0 Å². The maximum atomic E-state index is 5.91. The van der Waals surface area contributed by atoms with Gasteiger partial charge in [0.25, 0.3) is 0 Å². The van der Waals surface area contributed by atoms with E-state index in [2.05, 4.69) is 30.4 Å². The van der Waals surface area contributed by atoms with Crippen molar-refractivity contribution in [3.63, 3.8) is 0 Å². The van der Waals surface area contributed by atoms with Crippen LogP contribution in [0.2, 0.25) is 0 Å². The molecule has 0 aromatic heterocycles. The Balaban J connectivity index is 2.13. The Morgan fingerprint density at radius 1 is 1.42 bits per heavy atom. The fourth-order valence-electron chi connectivity index (χ4n) is 2.68. The monoisotopic (exact) mass is 294 g/mol. The summed E-state index contributed by atoms with van der Waals surface area (Å²) in [6.07, 6.45) is 5.44. The molecule has 104 valence electrons. The van der Waals surface area contributed by atoms with Crippen LogP contribution in [0.3, 0.4) is 0 Å². The van der Waals surface area contributed by atoms with Gasteiger partial charge in [-0.15, -0.1) is 11.8 Å². The second kappa shape index (κ2) is 7.15. The van der Waals surface area contributed by atoms with Crippen molar-refractivity contribution in [2.24, 2.45) is 11.7 Å². The molecule has 0 spiro atoms. The van der Waals surface area contributed by atoms with E-state index in [-0.39, 0.29) is 0 Å². The van der Waals surface area contributed by atoms with Crippen molar-refractivity contribution in [2.45, 2.75) is 37.5 Å². The zero-order valence-corrected chi connectivity index (χ0v) is 13.1. The number of benzene rings is 1. The third kappa shape index (κ3) is 3.86. The lowest BCUT2D eigenvalue weighted by Gasteiger charge is -2.17. The van der Waals surface area contributed by atoms with E-state index in [0.717, 1.165) is 29.5 Å². The Kier molecular flexibility index (Phi) is 5.52. The van der Waals surface area contributed by atoms with Crippen LogP contribution in [0, 0.1) is 5.92 Å². The molecule has 3 N–H and O–H groups in total. The van der Waals surface area contributed by atoms with E-state index in [9.17, 15) is 0 Å². The Morgan fingerprint density at radius 2 is 2.16 bits per heavy atom. The summed E-state index contributed by atoms with van der Waals surface area (Å²) in [6.45, 7) is 3.18. The number of thioether (sulfide) groups is 1. The van der Waals surface area contributed by atoms with Crippen molar-refractivity contribution >= 4 is 34.7 Å². The molecule has 1 saturated carbocycles. The maximum Gasteiger partial charge on any atom is 0.107 e. The van der Waals surface area contributed by atoms with Gasteiger partial charge in [0.15, 0.2) is 0 Å². The molecule has 2 nitrogen and oxygen atoms in total. The number of hydrogen-bond acceptors (Lipinski definition) is 3. The molecule has 1 aliphatic rings. The van der Waals surface area contributed by atoms with Crippen LogP contribution in [-0.2, 0) is 0 Å². The van der Waals surface area contributed by atoms with Gasteiger partial charge in [0.2, 0.25) is 0 Å². The van der Waals surface area contributed by atoms with Crippen LogP contribution >= 0.6 is 24.0 Å². The normalized spacial score (nSPS) is 15.6. The number of hydrogen-bond donors (Lipinski definition) is 2. The zero-order valence-electron chi connectivity index (χ0n) is 11.4. The summed E-state index contributed by atoms with van der Waals surface area (Å²) in [6, 6.07) is 6.27. The van der Waals surface area contributed by atoms with Gasteiger partial charge in [-0.3, -0.25) is 0 Å². The third-order valence-corrected chi connectivity index (χ3v) is 4.77. The lowest BCUT2D eigenvalue weighted by atomic mass is 10.1. The molecule has 0 bridgehead atoms. The smallest absolute Gasteiger partial charge is 0.107 e. The fraction of sp³-hybridized carbons (Fsp3) is 0.533. The summed E-state index contributed by atoms with van der Waals surface area (Å²) in [5.41, 5.74) is 8.02. The molecule has 0 radical (unpaired) electrons. The van der Waals surface area contributed by atoms with Gasteiger partial charge in [-0.2, -0.15) is 0 Å². The molecule has 0 aliphatic heterocycles. The summed E-state index contributed by atoms with van der Waals surface area (Å²) in [4.78, 5) is 1.68. The molecule has 2 rings (SSSR count). The van der Waals surface area contributed by atoms with Gasteiger partial charge in [-0.05, 0) is 36.6 Å². The maximum absolute atomic E-state index is 5.91. The summed E-state index contributed by atoms with van der Waals surface area (Å²) < 4.78 is 0. The van der Waals surface area contributed by atoms with Crippen LogP contribution in [-0.4, -0.2) is 17.3 Å². The highest BCUT2D eigenvalue weighted by atomic mass is 32.2. The van der Waals surface area contributed by atoms with E-state index >= 15 is 0 Å². The van der Waals surface area contributed by atoms with E-state index in [0.29, 0.717) is 4.99 Å². The molecule has 1 aromatic carbocycles.